The molecule has 0 N–H and O–H groups in total. The van der Waals surface area contributed by atoms with Crippen LogP contribution >= 0.6 is 11.3 Å². The summed E-state index contributed by atoms with van der Waals surface area (Å²) in [5, 5.41) is 0. The highest BCUT2D eigenvalue weighted by Gasteiger charge is 2.17. The van der Waals surface area contributed by atoms with Gasteiger partial charge in [0.1, 0.15) is 12.4 Å². The number of hydrogen-bond acceptors (Lipinski definition) is 4. The van der Waals surface area contributed by atoms with E-state index in [1.807, 2.05) is 32.0 Å². The lowest BCUT2D eigenvalue weighted by Gasteiger charge is -2.06. The predicted molar refractivity (Wildman–Crippen MR) is 107 cm³/mol. The fourth-order valence-corrected chi connectivity index (χ4v) is 4.14. The summed E-state index contributed by atoms with van der Waals surface area (Å²) in [6, 6.07) is 7.64. The molecular weight excluding hydrogens is 398 g/mol. The number of aryl methyl sites for hydroxylation is 2. The molecule has 1 heterocycles. The first-order valence-corrected chi connectivity index (χ1v) is 9.87. The summed E-state index contributed by atoms with van der Waals surface area (Å²) in [6.07, 6.45) is 0.0661. The second kappa shape index (κ2) is 8.65. The third-order valence-electron chi connectivity index (χ3n) is 4.35. The zero-order chi connectivity index (χ0) is 21.1. The average Bonchev–Trinajstić information content (AvgIpc) is 2.94. The van der Waals surface area contributed by atoms with Crippen LogP contribution in [0.4, 0.5) is 8.78 Å². The van der Waals surface area contributed by atoms with Gasteiger partial charge < -0.3 is 9.30 Å². The van der Waals surface area contributed by atoms with Gasteiger partial charge in [-0.05, 0) is 38.0 Å². The second-order valence-corrected chi connectivity index (χ2v) is 7.63. The molecule has 0 fully saturated rings. The number of carbonyl (C=O) groups excluding carboxylic acids is 2. The first-order chi connectivity index (χ1) is 13.8. The van der Waals surface area contributed by atoms with E-state index in [0.717, 1.165) is 40.2 Å². The van der Waals surface area contributed by atoms with Crippen LogP contribution in [-0.2, 0) is 27.3 Å². The molecular formula is C21H20F2N2O3S. The Morgan fingerprint density at radius 2 is 1.93 bits per heavy atom. The molecule has 29 heavy (non-hydrogen) atoms. The molecule has 8 heteroatoms. The van der Waals surface area contributed by atoms with Gasteiger partial charge in [0.2, 0.25) is 0 Å². The number of amides is 1. The van der Waals surface area contributed by atoms with Gasteiger partial charge in [0.15, 0.2) is 10.6 Å². The van der Waals surface area contributed by atoms with Crippen molar-refractivity contribution in [3.8, 4) is 0 Å². The van der Waals surface area contributed by atoms with E-state index in [4.69, 9.17) is 4.74 Å². The van der Waals surface area contributed by atoms with Crippen molar-refractivity contribution < 1.29 is 23.1 Å². The van der Waals surface area contributed by atoms with Crippen molar-refractivity contribution in [1.29, 1.82) is 0 Å². The maximum absolute atomic E-state index is 14.4. The van der Waals surface area contributed by atoms with Crippen LogP contribution in [0.1, 0.15) is 23.6 Å². The molecule has 2 aromatic carbocycles. The van der Waals surface area contributed by atoms with Crippen molar-refractivity contribution in [1.82, 2.24) is 4.57 Å². The van der Waals surface area contributed by atoms with Crippen LogP contribution in [0.5, 0.6) is 0 Å². The Morgan fingerprint density at radius 3 is 2.62 bits per heavy atom. The average molecular weight is 418 g/mol. The van der Waals surface area contributed by atoms with Crippen molar-refractivity contribution in [3.63, 3.8) is 0 Å². The molecule has 3 rings (SSSR count). The molecule has 0 saturated heterocycles. The van der Waals surface area contributed by atoms with Gasteiger partial charge in [-0.1, -0.05) is 35.1 Å². The molecule has 3 aromatic rings. The van der Waals surface area contributed by atoms with E-state index < -0.39 is 23.5 Å². The van der Waals surface area contributed by atoms with E-state index >= 15 is 0 Å². The lowest BCUT2D eigenvalue weighted by atomic mass is 10.0. The number of rotatable bonds is 5. The molecule has 0 aliphatic carbocycles. The molecule has 1 aromatic heterocycles. The Labute approximate surface area is 170 Å². The summed E-state index contributed by atoms with van der Waals surface area (Å²) < 4.78 is 34.5. The number of ether oxygens (including phenoxy) is 1. The van der Waals surface area contributed by atoms with Crippen molar-refractivity contribution in [2.45, 2.75) is 33.7 Å². The van der Waals surface area contributed by atoms with Gasteiger partial charge in [0.25, 0.3) is 5.91 Å². The van der Waals surface area contributed by atoms with Crippen molar-refractivity contribution in [3.05, 3.63) is 63.5 Å². The van der Waals surface area contributed by atoms with Gasteiger partial charge in [0.05, 0.1) is 23.2 Å². The van der Waals surface area contributed by atoms with E-state index in [2.05, 4.69) is 4.99 Å². The molecule has 0 bridgehead atoms. The molecule has 0 aliphatic rings. The van der Waals surface area contributed by atoms with E-state index in [1.165, 1.54) is 4.57 Å². The number of esters is 1. The van der Waals surface area contributed by atoms with Crippen LogP contribution in [0.15, 0.2) is 35.3 Å². The molecule has 1 amide bonds. The molecule has 152 valence electrons. The number of fused-ring (bicyclic) bond motifs is 1. The number of benzene rings is 2. The Hall–Kier alpha value is -2.87. The molecule has 0 spiro atoms. The molecule has 0 atom stereocenters. The summed E-state index contributed by atoms with van der Waals surface area (Å²) in [7, 11) is 0. The number of halogens is 2. The highest BCUT2D eigenvalue weighted by molar-refractivity contribution is 7.16. The number of aromatic nitrogens is 1. The smallest absolute Gasteiger partial charge is 0.326 e. The van der Waals surface area contributed by atoms with Crippen molar-refractivity contribution in [2.75, 3.05) is 6.61 Å². The minimum Gasteiger partial charge on any atom is -0.465 e. The van der Waals surface area contributed by atoms with Crippen LogP contribution in [0.2, 0.25) is 0 Å². The van der Waals surface area contributed by atoms with Gasteiger partial charge >= 0.3 is 5.97 Å². The van der Waals surface area contributed by atoms with Crippen LogP contribution in [-0.4, -0.2) is 23.1 Å². The first kappa shape index (κ1) is 20.9. The minimum atomic E-state index is -0.830. The lowest BCUT2D eigenvalue weighted by molar-refractivity contribution is -0.143. The minimum absolute atomic E-state index is 0.0162. The van der Waals surface area contributed by atoms with Crippen LogP contribution in [0.3, 0.4) is 0 Å². The summed E-state index contributed by atoms with van der Waals surface area (Å²) >= 11 is 0.946. The topological polar surface area (TPSA) is 60.7 Å². The van der Waals surface area contributed by atoms with E-state index in [1.54, 1.807) is 6.92 Å². The zero-order valence-electron chi connectivity index (χ0n) is 16.3. The van der Waals surface area contributed by atoms with Gasteiger partial charge in [-0.25, -0.2) is 8.78 Å². The maximum Gasteiger partial charge on any atom is 0.326 e. The van der Waals surface area contributed by atoms with Gasteiger partial charge in [-0.15, -0.1) is 0 Å². The number of hydrogen-bond donors (Lipinski definition) is 0. The molecule has 0 unspecified atom stereocenters. The third-order valence-corrected chi connectivity index (χ3v) is 5.37. The molecule has 5 nitrogen and oxygen atoms in total. The summed E-state index contributed by atoms with van der Waals surface area (Å²) in [5.41, 5.74) is 2.91. The summed E-state index contributed by atoms with van der Waals surface area (Å²) in [5.74, 6) is -2.61. The van der Waals surface area contributed by atoms with Crippen LogP contribution in [0, 0.1) is 25.5 Å². The molecule has 0 aliphatic heterocycles. The SMILES string of the molecule is CCOC(=O)Cn1c(=NC(=O)Cc2ccc(C)cc2C)sc2cc(F)cc(F)c21. The largest absolute Gasteiger partial charge is 0.465 e. The standard InChI is InChI=1S/C21H20F2N2O3S/c1-4-28-19(27)11-25-20-16(23)9-15(22)10-17(20)29-21(25)24-18(26)8-14-6-5-12(2)7-13(14)3/h5-7,9-10H,4,8,11H2,1-3H3. The van der Waals surface area contributed by atoms with Gasteiger partial charge in [-0.3, -0.25) is 9.59 Å². The summed E-state index contributed by atoms with van der Waals surface area (Å²) in [4.78, 5) is 28.7. The van der Waals surface area contributed by atoms with Crippen molar-refractivity contribution >= 4 is 33.4 Å². The van der Waals surface area contributed by atoms with Crippen LogP contribution in [0.25, 0.3) is 10.2 Å². The van der Waals surface area contributed by atoms with Crippen molar-refractivity contribution in [2.24, 2.45) is 4.99 Å². The number of thiazole rings is 1. The third kappa shape index (κ3) is 4.76. The molecule has 0 radical (unpaired) electrons. The Morgan fingerprint density at radius 1 is 1.17 bits per heavy atom. The highest BCUT2D eigenvalue weighted by Crippen LogP contribution is 2.22. The number of nitrogens with zero attached hydrogens (tertiary/aromatic N) is 2. The molecule has 0 saturated carbocycles. The van der Waals surface area contributed by atoms with Gasteiger partial charge in [0, 0.05) is 6.07 Å². The quantitative estimate of drug-likeness (QED) is 0.592. The fourth-order valence-electron chi connectivity index (χ4n) is 3.05. The van der Waals surface area contributed by atoms with Gasteiger partial charge in [-0.2, -0.15) is 4.99 Å². The fraction of sp³-hybridized carbons (Fsp3) is 0.286. The highest BCUT2D eigenvalue weighted by atomic mass is 32.1. The second-order valence-electron chi connectivity index (χ2n) is 6.62. The first-order valence-electron chi connectivity index (χ1n) is 9.06. The Kier molecular flexibility index (Phi) is 6.22. The van der Waals surface area contributed by atoms with E-state index in [-0.39, 0.29) is 34.6 Å². The maximum atomic E-state index is 14.4. The Balaban J connectivity index is 2.05. The van der Waals surface area contributed by atoms with Crippen LogP contribution < -0.4 is 4.80 Å². The monoisotopic (exact) mass is 418 g/mol. The van der Waals surface area contributed by atoms with E-state index in [0.29, 0.717) is 0 Å². The zero-order valence-corrected chi connectivity index (χ0v) is 17.1. The predicted octanol–water partition coefficient (Wildman–Crippen LogP) is 3.83. The lowest BCUT2D eigenvalue weighted by Crippen LogP contribution is -2.23. The van der Waals surface area contributed by atoms with E-state index in [9.17, 15) is 18.4 Å². The number of carbonyl (C=O) groups is 2. The Bertz CT molecular complexity index is 1160. The normalized spacial score (nSPS) is 11.8. The summed E-state index contributed by atoms with van der Waals surface area (Å²) in [6.45, 7) is 5.37.